The Balaban J connectivity index is 1.69. The molecule has 0 saturated heterocycles. The summed E-state index contributed by atoms with van der Waals surface area (Å²) in [6, 6.07) is 15.8. The SMILES string of the molecule is CCOc1ccc(S(=O)(=O)Nc2ccccc2C(=O)OCC(=O)Nc2c(C)cc(C)cc2C)cc1. The van der Waals surface area contributed by atoms with E-state index >= 15 is 0 Å². The Bertz CT molecular complexity index is 1310. The molecule has 1 amide bonds. The highest BCUT2D eigenvalue weighted by molar-refractivity contribution is 7.92. The molecule has 0 spiro atoms. The van der Waals surface area contributed by atoms with Gasteiger partial charge in [0.2, 0.25) is 0 Å². The second kappa shape index (κ2) is 11.1. The van der Waals surface area contributed by atoms with Crippen LogP contribution in [0.25, 0.3) is 0 Å². The highest BCUT2D eigenvalue weighted by atomic mass is 32.2. The summed E-state index contributed by atoms with van der Waals surface area (Å²) in [4.78, 5) is 25.1. The van der Waals surface area contributed by atoms with Crippen molar-refractivity contribution in [3.63, 3.8) is 0 Å². The molecule has 0 heterocycles. The van der Waals surface area contributed by atoms with Crippen molar-refractivity contribution in [2.24, 2.45) is 0 Å². The molecule has 0 atom stereocenters. The molecule has 0 unspecified atom stereocenters. The van der Waals surface area contributed by atoms with E-state index in [4.69, 9.17) is 9.47 Å². The van der Waals surface area contributed by atoms with Gasteiger partial charge in [-0.3, -0.25) is 9.52 Å². The van der Waals surface area contributed by atoms with E-state index in [-0.39, 0.29) is 16.1 Å². The van der Waals surface area contributed by atoms with Crippen LogP contribution in [0.15, 0.2) is 65.6 Å². The first-order valence-corrected chi connectivity index (χ1v) is 12.5. The van der Waals surface area contributed by atoms with Crippen LogP contribution in [0.4, 0.5) is 11.4 Å². The third-order valence-corrected chi connectivity index (χ3v) is 6.49. The Hall–Kier alpha value is -3.85. The summed E-state index contributed by atoms with van der Waals surface area (Å²) < 4.78 is 38.6. The molecular weight excluding hydrogens is 468 g/mol. The Morgan fingerprint density at radius 2 is 1.54 bits per heavy atom. The molecule has 3 rings (SSSR count). The zero-order chi connectivity index (χ0) is 25.6. The lowest BCUT2D eigenvalue weighted by Crippen LogP contribution is -2.23. The first-order chi connectivity index (χ1) is 16.6. The lowest BCUT2D eigenvalue weighted by atomic mass is 10.1. The lowest BCUT2D eigenvalue weighted by Gasteiger charge is -2.14. The second-order valence-electron chi connectivity index (χ2n) is 7.95. The molecule has 0 radical (unpaired) electrons. The Morgan fingerprint density at radius 1 is 0.914 bits per heavy atom. The van der Waals surface area contributed by atoms with Crippen molar-refractivity contribution in [1.29, 1.82) is 0 Å². The molecular formula is C26H28N2O6S. The quantitative estimate of drug-likeness (QED) is 0.419. The van der Waals surface area contributed by atoms with Gasteiger partial charge in [0, 0.05) is 5.69 Å². The third-order valence-electron chi connectivity index (χ3n) is 5.11. The number of sulfonamides is 1. The van der Waals surface area contributed by atoms with Gasteiger partial charge in [-0.25, -0.2) is 13.2 Å². The number of ether oxygens (including phenoxy) is 2. The van der Waals surface area contributed by atoms with E-state index in [0.717, 1.165) is 16.7 Å². The van der Waals surface area contributed by atoms with Crippen molar-refractivity contribution in [3.8, 4) is 5.75 Å². The highest BCUT2D eigenvalue weighted by Crippen LogP contribution is 2.24. The number of para-hydroxylation sites is 1. The number of benzene rings is 3. The molecule has 0 aliphatic heterocycles. The molecule has 8 nitrogen and oxygen atoms in total. The van der Waals surface area contributed by atoms with Gasteiger partial charge in [0.1, 0.15) is 5.75 Å². The van der Waals surface area contributed by atoms with Crippen LogP contribution >= 0.6 is 0 Å². The van der Waals surface area contributed by atoms with Gasteiger partial charge in [-0.15, -0.1) is 0 Å². The summed E-state index contributed by atoms with van der Waals surface area (Å²) in [5.41, 5.74) is 3.57. The minimum atomic E-state index is -3.98. The van der Waals surface area contributed by atoms with Crippen LogP contribution in [0.2, 0.25) is 0 Å². The summed E-state index contributed by atoms with van der Waals surface area (Å²) in [7, 11) is -3.98. The van der Waals surface area contributed by atoms with Gasteiger partial charge in [0.15, 0.2) is 6.61 Å². The van der Waals surface area contributed by atoms with E-state index in [0.29, 0.717) is 18.0 Å². The molecule has 3 aromatic carbocycles. The second-order valence-corrected chi connectivity index (χ2v) is 9.64. The molecule has 2 N–H and O–H groups in total. The monoisotopic (exact) mass is 496 g/mol. The van der Waals surface area contributed by atoms with Gasteiger partial charge in [0.05, 0.1) is 22.8 Å². The number of nitrogens with one attached hydrogen (secondary N) is 2. The molecule has 0 saturated carbocycles. The average molecular weight is 497 g/mol. The number of carbonyl (C=O) groups excluding carboxylic acids is 2. The molecule has 0 bridgehead atoms. The molecule has 3 aromatic rings. The molecule has 184 valence electrons. The molecule has 0 aliphatic carbocycles. The maximum Gasteiger partial charge on any atom is 0.340 e. The van der Waals surface area contributed by atoms with Crippen LogP contribution in [0.5, 0.6) is 5.75 Å². The minimum absolute atomic E-state index is 0.00680. The van der Waals surface area contributed by atoms with Crippen LogP contribution < -0.4 is 14.8 Å². The maximum atomic E-state index is 12.8. The number of amides is 1. The molecule has 0 aliphatic rings. The van der Waals surface area contributed by atoms with E-state index < -0.39 is 28.5 Å². The van der Waals surface area contributed by atoms with Crippen LogP contribution in [-0.2, 0) is 19.6 Å². The first kappa shape index (κ1) is 25.8. The molecule has 0 fully saturated rings. The normalized spacial score (nSPS) is 11.0. The fourth-order valence-electron chi connectivity index (χ4n) is 3.60. The smallest absolute Gasteiger partial charge is 0.340 e. The van der Waals surface area contributed by atoms with Crippen LogP contribution in [0.1, 0.15) is 34.0 Å². The van der Waals surface area contributed by atoms with Crippen molar-refractivity contribution in [2.45, 2.75) is 32.6 Å². The average Bonchev–Trinajstić information content (AvgIpc) is 2.80. The number of hydrogen-bond acceptors (Lipinski definition) is 6. The van der Waals surface area contributed by atoms with Crippen molar-refractivity contribution >= 4 is 33.3 Å². The molecule has 0 aromatic heterocycles. The first-order valence-electron chi connectivity index (χ1n) is 11.0. The van der Waals surface area contributed by atoms with Crippen LogP contribution in [0, 0.1) is 20.8 Å². The predicted molar refractivity (Wildman–Crippen MR) is 134 cm³/mol. The van der Waals surface area contributed by atoms with E-state index in [2.05, 4.69) is 10.0 Å². The molecule has 9 heteroatoms. The number of rotatable bonds is 9. The number of carbonyl (C=O) groups is 2. The number of hydrogen-bond donors (Lipinski definition) is 2. The van der Waals surface area contributed by atoms with E-state index in [9.17, 15) is 18.0 Å². The summed E-state index contributed by atoms with van der Waals surface area (Å²) in [5.74, 6) is -0.784. The zero-order valence-corrected chi connectivity index (χ0v) is 20.9. The summed E-state index contributed by atoms with van der Waals surface area (Å²) in [6.07, 6.45) is 0. The largest absolute Gasteiger partial charge is 0.494 e. The summed E-state index contributed by atoms with van der Waals surface area (Å²) in [6.45, 7) is 7.50. The van der Waals surface area contributed by atoms with E-state index in [1.807, 2.05) is 39.8 Å². The minimum Gasteiger partial charge on any atom is -0.494 e. The van der Waals surface area contributed by atoms with E-state index in [1.165, 1.54) is 24.3 Å². The number of anilines is 2. The third kappa shape index (κ3) is 6.60. The predicted octanol–water partition coefficient (Wildman–Crippen LogP) is 4.61. The standard InChI is InChI=1S/C26H28N2O6S/c1-5-33-20-10-12-21(13-11-20)35(31,32)28-23-9-7-6-8-22(23)26(30)34-16-24(29)27-25-18(3)14-17(2)15-19(25)4/h6-15,28H,5,16H2,1-4H3,(H,27,29). The van der Waals surface area contributed by atoms with Crippen LogP contribution in [-0.4, -0.2) is 33.5 Å². The van der Waals surface area contributed by atoms with Crippen molar-refractivity contribution in [2.75, 3.05) is 23.3 Å². The number of aryl methyl sites for hydroxylation is 3. The van der Waals surface area contributed by atoms with E-state index in [1.54, 1.807) is 24.3 Å². The lowest BCUT2D eigenvalue weighted by molar-refractivity contribution is -0.119. The Kier molecular flexibility index (Phi) is 8.14. The van der Waals surface area contributed by atoms with Gasteiger partial charge in [0.25, 0.3) is 15.9 Å². The Labute approximate surface area is 205 Å². The fourth-order valence-corrected chi connectivity index (χ4v) is 4.68. The number of esters is 1. The summed E-state index contributed by atoms with van der Waals surface area (Å²) in [5, 5.41) is 2.76. The Morgan fingerprint density at radius 3 is 2.17 bits per heavy atom. The van der Waals surface area contributed by atoms with Gasteiger partial charge in [-0.1, -0.05) is 29.8 Å². The maximum absolute atomic E-state index is 12.8. The fraction of sp³-hybridized carbons (Fsp3) is 0.231. The van der Waals surface area contributed by atoms with Gasteiger partial charge in [-0.05, 0) is 75.2 Å². The van der Waals surface area contributed by atoms with Gasteiger partial charge in [-0.2, -0.15) is 0 Å². The highest BCUT2D eigenvalue weighted by Gasteiger charge is 2.20. The summed E-state index contributed by atoms with van der Waals surface area (Å²) >= 11 is 0. The van der Waals surface area contributed by atoms with Crippen LogP contribution in [0.3, 0.4) is 0 Å². The van der Waals surface area contributed by atoms with Gasteiger partial charge >= 0.3 is 5.97 Å². The van der Waals surface area contributed by atoms with Gasteiger partial charge < -0.3 is 14.8 Å². The molecule has 35 heavy (non-hydrogen) atoms. The zero-order valence-electron chi connectivity index (χ0n) is 20.0. The van der Waals surface area contributed by atoms with Crippen molar-refractivity contribution in [1.82, 2.24) is 0 Å². The van der Waals surface area contributed by atoms with Crippen molar-refractivity contribution in [3.05, 3.63) is 82.9 Å². The van der Waals surface area contributed by atoms with Crippen molar-refractivity contribution < 1.29 is 27.5 Å². The topological polar surface area (TPSA) is 111 Å².